The number of amides is 1. The highest BCUT2D eigenvalue weighted by Crippen LogP contribution is 2.15. The van der Waals surface area contributed by atoms with Gasteiger partial charge in [-0.3, -0.25) is 14.5 Å². The average Bonchev–Trinajstić information content (AvgIpc) is 2.96. The van der Waals surface area contributed by atoms with Gasteiger partial charge in [0.15, 0.2) is 0 Å². The predicted molar refractivity (Wildman–Crippen MR) is 78.0 cm³/mol. The van der Waals surface area contributed by atoms with Crippen LogP contribution in [0, 0.1) is 0 Å². The van der Waals surface area contributed by atoms with E-state index in [0.717, 1.165) is 26.0 Å². The molecule has 1 atom stereocenters. The molecule has 0 unspecified atom stereocenters. The summed E-state index contributed by atoms with van der Waals surface area (Å²) in [5.74, 6) is -0.232. The van der Waals surface area contributed by atoms with Crippen molar-refractivity contribution in [2.45, 2.75) is 31.9 Å². The minimum absolute atomic E-state index is 0.220. The van der Waals surface area contributed by atoms with Crippen molar-refractivity contribution in [2.75, 3.05) is 11.9 Å². The van der Waals surface area contributed by atoms with E-state index in [0.29, 0.717) is 11.4 Å². The first kappa shape index (κ1) is 13.8. The summed E-state index contributed by atoms with van der Waals surface area (Å²) in [6, 6.07) is 5.24. The van der Waals surface area contributed by atoms with E-state index in [9.17, 15) is 4.79 Å². The first-order valence-corrected chi connectivity index (χ1v) is 7.18. The van der Waals surface area contributed by atoms with Gasteiger partial charge >= 0.3 is 0 Å². The Morgan fingerprint density at radius 1 is 1.43 bits per heavy atom. The van der Waals surface area contributed by atoms with Crippen molar-refractivity contribution in [3.05, 3.63) is 42.5 Å². The summed E-state index contributed by atoms with van der Waals surface area (Å²) in [5.41, 5.74) is 1.06. The second-order valence-electron chi connectivity index (χ2n) is 5.11. The number of anilines is 1. The van der Waals surface area contributed by atoms with Crippen LogP contribution in [0.5, 0.6) is 0 Å². The molecule has 2 aromatic rings. The number of carbonyl (C=O) groups excluding carboxylic acids is 1. The Kier molecular flexibility index (Phi) is 4.25. The van der Waals surface area contributed by atoms with Crippen LogP contribution in [0.1, 0.15) is 29.8 Å². The normalized spacial score (nSPS) is 18.4. The fourth-order valence-corrected chi connectivity index (χ4v) is 2.38. The minimum atomic E-state index is -0.232. The number of carbonyl (C=O) groups is 1. The Hall–Kier alpha value is -2.21. The van der Waals surface area contributed by atoms with Gasteiger partial charge in [-0.25, -0.2) is 0 Å². The van der Waals surface area contributed by atoms with Crippen LogP contribution in [-0.4, -0.2) is 33.4 Å². The van der Waals surface area contributed by atoms with Crippen LogP contribution in [0.2, 0.25) is 0 Å². The molecule has 0 saturated carbocycles. The maximum atomic E-state index is 12.0. The highest BCUT2D eigenvalue weighted by Gasteiger charge is 2.15. The zero-order chi connectivity index (χ0) is 14.5. The van der Waals surface area contributed by atoms with Crippen molar-refractivity contribution >= 4 is 11.6 Å². The number of pyridine rings is 1. The van der Waals surface area contributed by atoms with Gasteiger partial charge in [0.05, 0.1) is 24.5 Å². The molecule has 3 heterocycles. The van der Waals surface area contributed by atoms with Gasteiger partial charge in [-0.1, -0.05) is 6.07 Å². The van der Waals surface area contributed by atoms with Gasteiger partial charge in [0, 0.05) is 19.0 Å². The Morgan fingerprint density at radius 2 is 2.38 bits per heavy atom. The lowest BCUT2D eigenvalue weighted by Gasteiger charge is -2.22. The molecule has 1 N–H and O–H groups in total. The molecule has 1 saturated heterocycles. The van der Waals surface area contributed by atoms with E-state index in [1.54, 1.807) is 30.6 Å². The fraction of sp³-hybridized carbons (Fsp3) is 0.400. The zero-order valence-corrected chi connectivity index (χ0v) is 11.7. The molecule has 0 aliphatic carbocycles. The van der Waals surface area contributed by atoms with Gasteiger partial charge in [0.2, 0.25) is 0 Å². The number of nitrogens with one attached hydrogen (secondary N) is 1. The molecular weight excluding hydrogens is 268 g/mol. The van der Waals surface area contributed by atoms with E-state index in [-0.39, 0.29) is 12.0 Å². The topological polar surface area (TPSA) is 69.0 Å². The van der Waals surface area contributed by atoms with Crippen LogP contribution in [0.3, 0.4) is 0 Å². The third kappa shape index (κ3) is 3.66. The highest BCUT2D eigenvalue weighted by atomic mass is 16.5. The molecule has 21 heavy (non-hydrogen) atoms. The first-order valence-electron chi connectivity index (χ1n) is 7.18. The number of ether oxygens (including phenoxy) is 1. The van der Waals surface area contributed by atoms with Gasteiger partial charge in [0.25, 0.3) is 5.91 Å². The lowest BCUT2D eigenvalue weighted by Crippen LogP contribution is -2.24. The van der Waals surface area contributed by atoms with Crippen molar-refractivity contribution in [1.29, 1.82) is 0 Å². The maximum Gasteiger partial charge on any atom is 0.274 e. The van der Waals surface area contributed by atoms with E-state index in [4.69, 9.17) is 4.74 Å². The van der Waals surface area contributed by atoms with Crippen LogP contribution >= 0.6 is 0 Å². The molecule has 2 aromatic heterocycles. The summed E-state index contributed by atoms with van der Waals surface area (Å²) < 4.78 is 7.49. The van der Waals surface area contributed by atoms with Gasteiger partial charge in [-0.2, -0.15) is 5.10 Å². The molecule has 0 radical (unpaired) electrons. The average molecular weight is 286 g/mol. The van der Waals surface area contributed by atoms with E-state index in [1.807, 2.05) is 10.9 Å². The Morgan fingerprint density at radius 3 is 3.14 bits per heavy atom. The number of hydrogen-bond donors (Lipinski definition) is 1. The Balaban J connectivity index is 1.58. The maximum absolute atomic E-state index is 12.0. The molecule has 1 amide bonds. The summed E-state index contributed by atoms with van der Waals surface area (Å²) >= 11 is 0. The van der Waals surface area contributed by atoms with Crippen LogP contribution in [0.4, 0.5) is 5.69 Å². The lowest BCUT2D eigenvalue weighted by atomic mass is 10.1. The van der Waals surface area contributed by atoms with Gasteiger partial charge < -0.3 is 10.1 Å². The van der Waals surface area contributed by atoms with Crippen LogP contribution in [0.15, 0.2) is 36.8 Å². The smallest absolute Gasteiger partial charge is 0.274 e. The molecule has 1 aliphatic heterocycles. The number of hydrogen-bond acceptors (Lipinski definition) is 4. The monoisotopic (exact) mass is 286 g/mol. The van der Waals surface area contributed by atoms with Gasteiger partial charge in [-0.05, 0) is 31.4 Å². The number of nitrogens with zero attached hydrogens (tertiary/aromatic N) is 3. The van der Waals surface area contributed by atoms with Crippen molar-refractivity contribution < 1.29 is 9.53 Å². The second kappa shape index (κ2) is 6.49. The van der Waals surface area contributed by atoms with E-state index < -0.39 is 0 Å². The van der Waals surface area contributed by atoms with E-state index in [1.165, 1.54) is 6.42 Å². The molecule has 1 aliphatic rings. The molecule has 0 aromatic carbocycles. The summed E-state index contributed by atoms with van der Waals surface area (Å²) in [5, 5.41) is 7.05. The van der Waals surface area contributed by atoms with E-state index >= 15 is 0 Å². The van der Waals surface area contributed by atoms with Crippen LogP contribution in [-0.2, 0) is 11.3 Å². The van der Waals surface area contributed by atoms with Gasteiger partial charge in [-0.15, -0.1) is 0 Å². The van der Waals surface area contributed by atoms with Crippen molar-refractivity contribution in [1.82, 2.24) is 14.8 Å². The summed E-state index contributed by atoms with van der Waals surface area (Å²) in [7, 11) is 0. The molecule has 0 bridgehead atoms. The Labute approximate surface area is 123 Å². The Bertz CT molecular complexity index is 591. The molecule has 0 spiro atoms. The number of rotatable bonds is 4. The fourth-order valence-electron chi connectivity index (χ4n) is 2.38. The molecule has 6 nitrogen and oxygen atoms in total. The molecule has 110 valence electrons. The third-order valence-corrected chi connectivity index (χ3v) is 3.45. The molecular formula is C15H18N4O2. The summed E-state index contributed by atoms with van der Waals surface area (Å²) in [6.07, 6.45) is 8.69. The highest BCUT2D eigenvalue weighted by molar-refractivity contribution is 6.02. The van der Waals surface area contributed by atoms with Crippen molar-refractivity contribution in [2.24, 2.45) is 0 Å². The number of aromatic nitrogens is 3. The third-order valence-electron chi connectivity index (χ3n) is 3.45. The molecule has 6 heteroatoms. The molecule has 1 fully saturated rings. The summed E-state index contributed by atoms with van der Waals surface area (Å²) in [4.78, 5) is 16.0. The second-order valence-corrected chi connectivity index (χ2v) is 5.11. The van der Waals surface area contributed by atoms with Crippen molar-refractivity contribution in [3.8, 4) is 0 Å². The van der Waals surface area contributed by atoms with Gasteiger partial charge in [0.1, 0.15) is 5.69 Å². The molecule has 3 rings (SSSR count). The summed E-state index contributed by atoms with van der Waals surface area (Å²) in [6.45, 7) is 1.55. The quantitative estimate of drug-likeness (QED) is 0.934. The minimum Gasteiger partial charge on any atom is -0.376 e. The largest absolute Gasteiger partial charge is 0.376 e. The van der Waals surface area contributed by atoms with Crippen LogP contribution in [0.25, 0.3) is 0 Å². The standard InChI is InChI=1S/C15H18N4O2/c20-15(14-6-1-3-7-16-14)18-12-9-17-19(10-12)11-13-5-2-4-8-21-13/h1,3,6-7,9-10,13H,2,4-5,8,11H2,(H,18,20)/t13-/m0/s1. The predicted octanol–water partition coefficient (Wildman–Crippen LogP) is 2.10. The van der Waals surface area contributed by atoms with Crippen molar-refractivity contribution in [3.63, 3.8) is 0 Å². The van der Waals surface area contributed by atoms with Crippen LogP contribution < -0.4 is 5.32 Å². The van der Waals surface area contributed by atoms with E-state index in [2.05, 4.69) is 15.4 Å². The first-order chi connectivity index (χ1) is 10.3. The SMILES string of the molecule is O=C(Nc1cnn(C[C@@H]2CCCCO2)c1)c1ccccn1. The lowest BCUT2D eigenvalue weighted by molar-refractivity contribution is 0.00401. The zero-order valence-electron chi connectivity index (χ0n) is 11.7.